The molecular weight excluding hydrogens is 234 g/mol. The molecule has 0 aliphatic carbocycles. The second-order valence-corrected chi connectivity index (χ2v) is 5.64. The highest BCUT2D eigenvalue weighted by Crippen LogP contribution is 2.27. The average molecular weight is 255 g/mol. The van der Waals surface area contributed by atoms with E-state index in [4.69, 9.17) is 0 Å². The highest BCUT2D eigenvalue weighted by Gasteiger charge is 2.23. The van der Waals surface area contributed by atoms with Crippen molar-refractivity contribution in [3.63, 3.8) is 0 Å². The van der Waals surface area contributed by atoms with Crippen LogP contribution in [0.4, 0.5) is 5.69 Å². The molecule has 1 aliphatic heterocycles. The maximum Gasteiger partial charge on any atom is 0.0949 e. The standard InChI is InChI=1S/C16H21N3/c1-13(2)14-3-5-15(6-4-14)18-9-7-16(11-18)19-10-8-17-12-19/h3-6,8,10,12-13,16H,7,9,11H2,1-2H3. The second-order valence-electron chi connectivity index (χ2n) is 5.64. The molecule has 0 N–H and O–H groups in total. The van der Waals surface area contributed by atoms with Crippen molar-refractivity contribution in [2.45, 2.75) is 32.2 Å². The third kappa shape index (κ3) is 2.50. The first kappa shape index (κ1) is 12.3. The SMILES string of the molecule is CC(C)c1ccc(N2CCC(n3ccnc3)C2)cc1. The average Bonchev–Trinajstić information content (AvgIpc) is 3.10. The first-order chi connectivity index (χ1) is 9.24. The monoisotopic (exact) mass is 255 g/mol. The summed E-state index contributed by atoms with van der Waals surface area (Å²) in [4.78, 5) is 6.61. The number of hydrogen-bond donors (Lipinski definition) is 0. The van der Waals surface area contributed by atoms with E-state index in [1.165, 1.54) is 17.7 Å². The molecule has 1 aromatic carbocycles. The summed E-state index contributed by atoms with van der Waals surface area (Å²) in [5, 5.41) is 0. The lowest BCUT2D eigenvalue weighted by atomic mass is 10.0. The molecule has 3 heteroatoms. The Kier molecular flexibility index (Phi) is 3.28. The molecule has 1 unspecified atom stereocenters. The van der Waals surface area contributed by atoms with Crippen molar-refractivity contribution in [1.82, 2.24) is 9.55 Å². The van der Waals surface area contributed by atoms with Crippen molar-refractivity contribution in [3.8, 4) is 0 Å². The summed E-state index contributed by atoms with van der Waals surface area (Å²) in [6.07, 6.45) is 7.05. The van der Waals surface area contributed by atoms with Gasteiger partial charge in [0.1, 0.15) is 0 Å². The van der Waals surface area contributed by atoms with E-state index < -0.39 is 0 Å². The zero-order valence-electron chi connectivity index (χ0n) is 11.7. The fraction of sp³-hybridized carbons (Fsp3) is 0.438. The molecule has 19 heavy (non-hydrogen) atoms. The van der Waals surface area contributed by atoms with Crippen LogP contribution < -0.4 is 4.90 Å². The molecule has 1 aromatic heterocycles. The smallest absolute Gasteiger partial charge is 0.0949 e. The van der Waals surface area contributed by atoms with Gasteiger partial charge in [-0.1, -0.05) is 26.0 Å². The van der Waals surface area contributed by atoms with Crippen LogP contribution in [0.2, 0.25) is 0 Å². The number of hydrogen-bond acceptors (Lipinski definition) is 2. The highest BCUT2D eigenvalue weighted by molar-refractivity contribution is 5.49. The summed E-state index contributed by atoms with van der Waals surface area (Å²) >= 11 is 0. The van der Waals surface area contributed by atoms with E-state index in [1.54, 1.807) is 0 Å². The molecule has 2 heterocycles. The molecule has 100 valence electrons. The molecular formula is C16H21N3. The summed E-state index contributed by atoms with van der Waals surface area (Å²) < 4.78 is 2.22. The fourth-order valence-corrected chi connectivity index (χ4v) is 2.78. The Morgan fingerprint density at radius 3 is 2.63 bits per heavy atom. The van der Waals surface area contributed by atoms with Crippen LogP contribution in [0.3, 0.4) is 0 Å². The number of imidazole rings is 1. The molecule has 0 saturated carbocycles. The second kappa shape index (κ2) is 5.08. The maximum atomic E-state index is 4.14. The van der Waals surface area contributed by atoms with Gasteiger partial charge in [0, 0.05) is 31.2 Å². The molecule has 1 aliphatic rings. The number of rotatable bonds is 3. The highest BCUT2D eigenvalue weighted by atomic mass is 15.2. The van der Waals surface area contributed by atoms with Crippen LogP contribution >= 0.6 is 0 Å². The van der Waals surface area contributed by atoms with E-state index in [0.29, 0.717) is 12.0 Å². The molecule has 2 aromatic rings. The van der Waals surface area contributed by atoms with Crippen molar-refractivity contribution < 1.29 is 0 Å². The normalized spacial score (nSPS) is 19.3. The van der Waals surface area contributed by atoms with E-state index >= 15 is 0 Å². The summed E-state index contributed by atoms with van der Waals surface area (Å²) in [5.41, 5.74) is 2.75. The van der Waals surface area contributed by atoms with Gasteiger partial charge in [0.15, 0.2) is 0 Å². The molecule has 1 atom stereocenters. The lowest BCUT2D eigenvalue weighted by molar-refractivity contribution is 0.551. The van der Waals surface area contributed by atoms with E-state index in [0.717, 1.165) is 13.1 Å². The van der Waals surface area contributed by atoms with Crippen molar-refractivity contribution in [2.75, 3.05) is 18.0 Å². The summed E-state index contributed by atoms with van der Waals surface area (Å²) in [6.45, 7) is 6.68. The zero-order valence-corrected chi connectivity index (χ0v) is 11.7. The number of nitrogens with zero attached hydrogens (tertiary/aromatic N) is 3. The number of aromatic nitrogens is 2. The van der Waals surface area contributed by atoms with Gasteiger partial charge in [0.05, 0.1) is 12.4 Å². The first-order valence-electron chi connectivity index (χ1n) is 7.06. The molecule has 0 spiro atoms. The van der Waals surface area contributed by atoms with Crippen molar-refractivity contribution in [2.24, 2.45) is 0 Å². The van der Waals surface area contributed by atoms with Gasteiger partial charge in [-0.2, -0.15) is 0 Å². The topological polar surface area (TPSA) is 21.1 Å². The van der Waals surface area contributed by atoms with Crippen molar-refractivity contribution >= 4 is 5.69 Å². The number of anilines is 1. The third-order valence-corrected chi connectivity index (χ3v) is 4.03. The fourth-order valence-electron chi connectivity index (χ4n) is 2.78. The molecule has 1 saturated heterocycles. The number of benzene rings is 1. The summed E-state index contributed by atoms with van der Waals surface area (Å²) in [7, 11) is 0. The molecule has 0 amide bonds. The minimum Gasteiger partial charge on any atom is -0.369 e. The largest absolute Gasteiger partial charge is 0.369 e. The van der Waals surface area contributed by atoms with E-state index in [1.807, 2.05) is 12.5 Å². The van der Waals surface area contributed by atoms with Gasteiger partial charge < -0.3 is 9.47 Å². The van der Waals surface area contributed by atoms with Crippen LogP contribution in [0.15, 0.2) is 43.0 Å². The summed E-state index contributed by atoms with van der Waals surface area (Å²) in [5.74, 6) is 0.603. The zero-order chi connectivity index (χ0) is 13.2. The Bertz CT molecular complexity index is 513. The van der Waals surface area contributed by atoms with E-state index in [9.17, 15) is 0 Å². The van der Waals surface area contributed by atoms with Crippen LogP contribution in [-0.2, 0) is 0 Å². The predicted molar refractivity (Wildman–Crippen MR) is 78.6 cm³/mol. The lowest BCUT2D eigenvalue weighted by Crippen LogP contribution is -2.20. The molecule has 3 nitrogen and oxygen atoms in total. The Hall–Kier alpha value is -1.77. The van der Waals surface area contributed by atoms with Gasteiger partial charge in [0.2, 0.25) is 0 Å². The van der Waals surface area contributed by atoms with E-state index in [2.05, 4.69) is 58.8 Å². The van der Waals surface area contributed by atoms with Crippen LogP contribution in [0.25, 0.3) is 0 Å². The minimum atomic E-state index is 0.562. The van der Waals surface area contributed by atoms with Gasteiger partial charge in [0.25, 0.3) is 0 Å². The third-order valence-electron chi connectivity index (χ3n) is 4.03. The van der Waals surface area contributed by atoms with Gasteiger partial charge in [-0.25, -0.2) is 4.98 Å². The molecule has 1 fully saturated rings. The molecule has 0 bridgehead atoms. The van der Waals surface area contributed by atoms with Gasteiger partial charge in [-0.05, 0) is 30.0 Å². The first-order valence-corrected chi connectivity index (χ1v) is 7.06. The lowest BCUT2D eigenvalue weighted by Gasteiger charge is -2.19. The van der Waals surface area contributed by atoms with Gasteiger partial charge >= 0.3 is 0 Å². The Morgan fingerprint density at radius 2 is 2.00 bits per heavy atom. The summed E-state index contributed by atoms with van der Waals surface area (Å²) in [6, 6.07) is 9.58. The van der Waals surface area contributed by atoms with Gasteiger partial charge in [-0.15, -0.1) is 0 Å². The quantitative estimate of drug-likeness (QED) is 0.837. The Balaban J connectivity index is 1.70. The minimum absolute atomic E-state index is 0.562. The van der Waals surface area contributed by atoms with Crippen LogP contribution in [0.1, 0.15) is 37.8 Å². The van der Waals surface area contributed by atoms with E-state index in [-0.39, 0.29) is 0 Å². The Labute approximate surface area is 114 Å². The van der Waals surface area contributed by atoms with Gasteiger partial charge in [-0.3, -0.25) is 0 Å². The van der Waals surface area contributed by atoms with Crippen molar-refractivity contribution in [3.05, 3.63) is 48.5 Å². The van der Waals surface area contributed by atoms with Crippen LogP contribution in [-0.4, -0.2) is 22.6 Å². The van der Waals surface area contributed by atoms with Crippen molar-refractivity contribution in [1.29, 1.82) is 0 Å². The van der Waals surface area contributed by atoms with Crippen LogP contribution in [0.5, 0.6) is 0 Å². The maximum absolute atomic E-state index is 4.14. The predicted octanol–water partition coefficient (Wildman–Crippen LogP) is 3.46. The Morgan fingerprint density at radius 1 is 1.21 bits per heavy atom. The molecule has 0 radical (unpaired) electrons. The van der Waals surface area contributed by atoms with Crippen LogP contribution in [0, 0.1) is 0 Å². The molecule has 3 rings (SSSR count).